The molecule has 1 saturated carbocycles. The smallest absolute Gasteiger partial charge is 0.435 e. The lowest BCUT2D eigenvalue weighted by atomic mass is 10.1. The first-order valence-electron chi connectivity index (χ1n) is 11.6. The molecule has 7 nitrogen and oxygen atoms in total. The summed E-state index contributed by atoms with van der Waals surface area (Å²) in [6.45, 7) is 0.235. The average Bonchev–Trinajstić information content (AvgIpc) is 3.23. The van der Waals surface area contributed by atoms with Crippen molar-refractivity contribution in [3.05, 3.63) is 64.3 Å². The molecule has 0 saturated heterocycles. The number of nitrogens with zero attached hydrogens (tertiary/aromatic N) is 4. The summed E-state index contributed by atoms with van der Waals surface area (Å²) in [7, 11) is 0. The summed E-state index contributed by atoms with van der Waals surface area (Å²) in [5.74, 6) is -1.14. The number of aryl methyl sites for hydroxylation is 2. The van der Waals surface area contributed by atoms with Crippen molar-refractivity contribution in [2.75, 3.05) is 6.54 Å². The number of fused-ring (bicyclic) bond motifs is 2. The number of aromatic amines is 1. The molecular formula is C24H22F3N5O2S. The molecule has 0 spiro atoms. The first-order chi connectivity index (χ1) is 16.9. The zero-order chi connectivity index (χ0) is 24.2. The summed E-state index contributed by atoms with van der Waals surface area (Å²) in [6.07, 6.45) is 1.06. The Kier molecular flexibility index (Phi) is 5.39. The molecule has 1 amide bonds. The van der Waals surface area contributed by atoms with Crippen molar-refractivity contribution in [3.63, 3.8) is 0 Å². The normalized spacial score (nSPS) is 18.6. The number of alkyl halides is 3. The topological polar surface area (TPSA) is 87.9 Å². The van der Waals surface area contributed by atoms with Gasteiger partial charge in [-0.25, -0.2) is 15.0 Å². The number of H-pyrrole nitrogens is 1. The molecule has 4 aromatic rings. The Hall–Kier alpha value is -3.21. The summed E-state index contributed by atoms with van der Waals surface area (Å²) in [6, 6.07) is 6.83. The molecule has 182 valence electrons. The minimum Gasteiger partial charge on any atom is -0.435 e. The van der Waals surface area contributed by atoms with Crippen LogP contribution in [-0.2, 0) is 19.0 Å². The van der Waals surface area contributed by atoms with E-state index in [0.717, 1.165) is 28.8 Å². The zero-order valence-electron chi connectivity index (χ0n) is 18.6. The highest BCUT2D eigenvalue weighted by Gasteiger charge is 2.44. The Balaban J connectivity index is 1.42. The molecule has 35 heavy (non-hydrogen) atoms. The summed E-state index contributed by atoms with van der Waals surface area (Å²) in [5, 5.41) is 0.594. The van der Waals surface area contributed by atoms with Gasteiger partial charge in [0.25, 0.3) is 5.91 Å². The van der Waals surface area contributed by atoms with Crippen molar-refractivity contribution in [2.24, 2.45) is 5.92 Å². The van der Waals surface area contributed by atoms with Crippen LogP contribution in [0.2, 0.25) is 0 Å². The summed E-state index contributed by atoms with van der Waals surface area (Å²) in [4.78, 5) is 31.2. The zero-order valence-corrected chi connectivity index (χ0v) is 19.5. The molecular weight excluding hydrogens is 479 g/mol. The Labute approximate surface area is 202 Å². The highest BCUT2D eigenvalue weighted by Crippen LogP contribution is 2.40. The maximum Gasteiger partial charge on any atom is 0.437 e. The van der Waals surface area contributed by atoms with Crippen LogP contribution in [0.15, 0.2) is 35.0 Å². The van der Waals surface area contributed by atoms with Gasteiger partial charge in [0.05, 0.1) is 22.2 Å². The lowest BCUT2D eigenvalue weighted by Gasteiger charge is -2.27. The number of oxazole rings is 1. The fourth-order valence-corrected chi connectivity index (χ4v) is 5.70. The fraction of sp³-hybridized carbons (Fsp3) is 0.417. The van der Waals surface area contributed by atoms with Gasteiger partial charge >= 0.3 is 6.18 Å². The van der Waals surface area contributed by atoms with Crippen molar-refractivity contribution in [1.82, 2.24) is 24.8 Å². The second kappa shape index (κ2) is 8.47. The molecule has 1 fully saturated rings. The summed E-state index contributed by atoms with van der Waals surface area (Å²) in [5.41, 5.74) is 0.947. The molecule has 2 aliphatic rings. The Morgan fingerprint density at radius 1 is 1.23 bits per heavy atom. The molecule has 1 N–H and O–H groups in total. The van der Waals surface area contributed by atoms with Crippen molar-refractivity contribution in [1.29, 1.82) is 0 Å². The van der Waals surface area contributed by atoms with E-state index in [1.54, 1.807) is 6.33 Å². The van der Waals surface area contributed by atoms with E-state index in [1.807, 2.05) is 24.3 Å². The molecule has 1 aliphatic heterocycles. The molecule has 1 atom stereocenters. The second-order valence-corrected chi connectivity index (χ2v) is 10.1. The number of halogens is 3. The van der Waals surface area contributed by atoms with Crippen molar-refractivity contribution in [2.45, 2.75) is 50.7 Å². The monoisotopic (exact) mass is 501 g/mol. The number of aromatic nitrogens is 4. The average molecular weight is 502 g/mol. The standard InChI is InChI=1S/C24H22F3N5O2S/c25-24(26,27)21-20(34-17(31-21)10-9-13-7-8-13)23(33)32-11-3-5-15-18(29-12-28-15)19(32)22-30-14-4-1-2-6-16(14)35-22/h1-2,4,6,12-13,19H,3,5,7-11H2,(H,28,29)/t19-/m0/s1. The van der Waals surface area contributed by atoms with E-state index in [2.05, 4.69) is 15.0 Å². The van der Waals surface area contributed by atoms with Gasteiger partial charge in [0.1, 0.15) is 11.0 Å². The number of carbonyl (C=O) groups is 1. The largest absolute Gasteiger partial charge is 0.437 e. The Bertz CT molecular complexity index is 1350. The van der Waals surface area contributed by atoms with Gasteiger partial charge in [-0.1, -0.05) is 25.0 Å². The number of thiazole rings is 1. The van der Waals surface area contributed by atoms with Gasteiger partial charge in [-0.05, 0) is 37.3 Å². The van der Waals surface area contributed by atoms with Crippen LogP contribution >= 0.6 is 11.3 Å². The maximum atomic E-state index is 13.9. The van der Waals surface area contributed by atoms with E-state index in [-0.39, 0.29) is 18.9 Å². The summed E-state index contributed by atoms with van der Waals surface area (Å²) >= 11 is 1.40. The molecule has 6 rings (SSSR count). The quantitative estimate of drug-likeness (QED) is 0.388. The van der Waals surface area contributed by atoms with Gasteiger partial charge in [0.15, 0.2) is 11.6 Å². The molecule has 3 aromatic heterocycles. The van der Waals surface area contributed by atoms with E-state index in [9.17, 15) is 18.0 Å². The lowest BCUT2D eigenvalue weighted by Crippen LogP contribution is -2.36. The van der Waals surface area contributed by atoms with Crippen LogP contribution in [-0.4, -0.2) is 37.3 Å². The molecule has 4 heterocycles. The van der Waals surface area contributed by atoms with Gasteiger partial charge in [0.2, 0.25) is 5.76 Å². The molecule has 1 aliphatic carbocycles. The molecule has 1 aromatic carbocycles. The number of hydrogen-bond donors (Lipinski definition) is 1. The number of nitrogens with one attached hydrogen (secondary N) is 1. The van der Waals surface area contributed by atoms with Crippen LogP contribution in [0.5, 0.6) is 0 Å². The highest BCUT2D eigenvalue weighted by molar-refractivity contribution is 7.18. The number of hydrogen-bond acceptors (Lipinski definition) is 6. The third kappa shape index (κ3) is 4.22. The number of para-hydroxylation sites is 1. The Morgan fingerprint density at radius 2 is 2.06 bits per heavy atom. The SMILES string of the molecule is O=C(c1oc(CCC2CC2)nc1C(F)(F)F)N1CCCc2[nH]cnc2[C@H]1c1nc2ccccc2s1. The summed E-state index contributed by atoms with van der Waals surface area (Å²) < 4.78 is 48.2. The number of benzene rings is 1. The number of imidazole rings is 1. The highest BCUT2D eigenvalue weighted by atomic mass is 32.1. The van der Waals surface area contributed by atoms with Crippen molar-refractivity contribution < 1.29 is 22.4 Å². The van der Waals surface area contributed by atoms with Crippen LogP contribution in [0.3, 0.4) is 0 Å². The number of carbonyl (C=O) groups excluding carboxylic acids is 1. The predicted molar refractivity (Wildman–Crippen MR) is 122 cm³/mol. The first-order valence-corrected chi connectivity index (χ1v) is 12.5. The molecule has 0 radical (unpaired) electrons. The Morgan fingerprint density at radius 3 is 2.83 bits per heavy atom. The van der Waals surface area contributed by atoms with E-state index >= 15 is 0 Å². The van der Waals surface area contributed by atoms with Gasteiger partial charge < -0.3 is 14.3 Å². The second-order valence-electron chi connectivity index (χ2n) is 9.06. The van der Waals surface area contributed by atoms with Crippen LogP contribution in [0.25, 0.3) is 10.2 Å². The first kappa shape index (κ1) is 22.3. The van der Waals surface area contributed by atoms with Gasteiger partial charge in [-0.3, -0.25) is 4.79 Å². The number of rotatable bonds is 5. The van der Waals surface area contributed by atoms with Crippen LogP contribution in [0.4, 0.5) is 13.2 Å². The van der Waals surface area contributed by atoms with Crippen molar-refractivity contribution >= 4 is 27.5 Å². The van der Waals surface area contributed by atoms with E-state index in [0.29, 0.717) is 35.9 Å². The van der Waals surface area contributed by atoms with E-state index in [1.165, 1.54) is 16.2 Å². The number of amides is 1. The van der Waals surface area contributed by atoms with Gasteiger partial charge in [-0.2, -0.15) is 13.2 Å². The molecule has 0 bridgehead atoms. The minimum atomic E-state index is -4.80. The van der Waals surface area contributed by atoms with Gasteiger partial charge in [-0.15, -0.1) is 11.3 Å². The van der Waals surface area contributed by atoms with Gasteiger partial charge in [0, 0.05) is 18.7 Å². The fourth-order valence-electron chi connectivity index (χ4n) is 4.62. The third-order valence-electron chi connectivity index (χ3n) is 6.55. The molecule has 0 unspecified atom stereocenters. The van der Waals surface area contributed by atoms with E-state index < -0.39 is 29.6 Å². The van der Waals surface area contributed by atoms with Crippen LogP contribution in [0.1, 0.15) is 70.3 Å². The predicted octanol–water partition coefficient (Wildman–Crippen LogP) is 5.55. The van der Waals surface area contributed by atoms with Crippen LogP contribution in [0, 0.1) is 5.92 Å². The third-order valence-corrected chi connectivity index (χ3v) is 7.64. The lowest BCUT2D eigenvalue weighted by molar-refractivity contribution is -0.141. The maximum absolute atomic E-state index is 13.9. The van der Waals surface area contributed by atoms with Crippen molar-refractivity contribution in [3.8, 4) is 0 Å². The van der Waals surface area contributed by atoms with Crippen LogP contribution < -0.4 is 0 Å². The minimum absolute atomic E-state index is 0.0422. The molecule has 11 heteroatoms. The van der Waals surface area contributed by atoms with E-state index in [4.69, 9.17) is 9.40 Å².